The Hall–Kier alpha value is -0.220. The van der Waals surface area contributed by atoms with Gasteiger partial charge in [-0.3, -0.25) is 0 Å². The van der Waals surface area contributed by atoms with E-state index in [1.807, 2.05) is 28.7 Å². The Balaban J connectivity index is 2.67. The van der Waals surface area contributed by atoms with E-state index in [4.69, 9.17) is 5.26 Å². The van der Waals surface area contributed by atoms with Crippen molar-refractivity contribution < 1.29 is 8.78 Å². The van der Waals surface area contributed by atoms with E-state index >= 15 is 0 Å². The van der Waals surface area contributed by atoms with Gasteiger partial charge in [0.25, 0.3) is 5.92 Å². The second-order valence-electron chi connectivity index (χ2n) is 3.46. The third kappa shape index (κ3) is 1.78. The van der Waals surface area contributed by atoms with E-state index < -0.39 is 8.25 Å². The Morgan fingerprint density at radius 1 is 1.40 bits per heavy atom. The summed E-state index contributed by atoms with van der Waals surface area (Å²) in [5.74, 6) is -2.85. The zero-order chi connectivity index (χ0) is 11.3. The molecule has 0 heterocycles. The van der Waals surface area contributed by atoms with Gasteiger partial charge in [-0.05, 0) is 17.7 Å². The number of hydrogen-bond acceptors (Lipinski definition) is 1. The van der Waals surface area contributed by atoms with Crippen LogP contribution in [0.4, 0.5) is 8.78 Å². The molecule has 1 aliphatic carbocycles. The van der Waals surface area contributed by atoms with Gasteiger partial charge in [0, 0.05) is 12.0 Å². The van der Waals surface area contributed by atoms with Crippen LogP contribution in [0, 0.1) is 11.3 Å². The first-order chi connectivity index (χ1) is 6.87. The molecule has 5 heteroatoms. The summed E-state index contributed by atoms with van der Waals surface area (Å²) in [5, 5.41) is 8.66. The van der Waals surface area contributed by atoms with Crippen LogP contribution in [0.15, 0.2) is 18.2 Å². The topological polar surface area (TPSA) is 23.8 Å². The number of alkyl halides is 4. The predicted octanol–water partition coefficient (Wildman–Crippen LogP) is 4.04. The predicted molar refractivity (Wildman–Crippen MR) is 64.3 cm³/mol. The van der Waals surface area contributed by atoms with Crippen LogP contribution in [0.3, 0.4) is 0 Å². The molecule has 0 radical (unpaired) electrons. The van der Waals surface area contributed by atoms with Gasteiger partial charge in [-0.1, -0.05) is 44.6 Å². The number of benzene rings is 1. The van der Waals surface area contributed by atoms with Gasteiger partial charge in [0.2, 0.25) is 0 Å². The molecule has 1 unspecified atom stereocenters. The Kier molecular flexibility index (Phi) is 2.54. The van der Waals surface area contributed by atoms with Gasteiger partial charge < -0.3 is 0 Å². The lowest BCUT2D eigenvalue weighted by atomic mass is 10.1. The first-order valence-electron chi connectivity index (χ1n) is 4.17. The van der Waals surface area contributed by atoms with E-state index in [1.54, 1.807) is 12.1 Å². The van der Waals surface area contributed by atoms with Crippen molar-refractivity contribution >= 4 is 38.5 Å². The molecule has 78 valence electrons. The third-order valence-corrected chi connectivity index (χ3v) is 4.05. The minimum Gasteiger partial charge on any atom is -0.201 e. The molecular formula is C10H5BrF2IN. The molecule has 0 saturated heterocycles. The number of rotatable bonds is 0. The summed E-state index contributed by atoms with van der Waals surface area (Å²) in [6.07, 6.45) is -0.273. The fraction of sp³-hybridized carbons (Fsp3) is 0.300. The van der Waals surface area contributed by atoms with E-state index in [-0.39, 0.29) is 17.5 Å². The van der Waals surface area contributed by atoms with E-state index in [0.29, 0.717) is 5.56 Å². The molecule has 0 spiro atoms. The number of fused-ring (bicyclic) bond motifs is 1. The van der Waals surface area contributed by atoms with Gasteiger partial charge in [-0.2, -0.15) is 5.26 Å². The fourth-order valence-corrected chi connectivity index (χ4v) is 3.35. The maximum absolute atomic E-state index is 13.6. The molecule has 0 aromatic heterocycles. The highest BCUT2D eigenvalue weighted by atomic mass is 127. The minimum absolute atomic E-state index is 0.0344. The molecule has 0 N–H and O–H groups in total. The molecule has 2 rings (SSSR count). The van der Waals surface area contributed by atoms with E-state index in [2.05, 4.69) is 15.9 Å². The van der Waals surface area contributed by atoms with Gasteiger partial charge in [0.05, 0.1) is 11.6 Å². The van der Waals surface area contributed by atoms with Gasteiger partial charge >= 0.3 is 0 Å². The Bertz CT molecular complexity index is 465. The van der Waals surface area contributed by atoms with Gasteiger partial charge in [-0.25, -0.2) is 8.78 Å². The highest BCUT2D eigenvalue weighted by Crippen LogP contribution is 2.58. The van der Waals surface area contributed by atoms with Gasteiger partial charge in [0.1, 0.15) is 2.33 Å². The Morgan fingerprint density at radius 2 is 2.07 bits per heavy atom. The van der Waals surface area contributed by atoms with Crippen LogP contribution in [0.25, 0.3) is 0 Å². The quantitative estimate of drug-likeness (QED) is 0.490. The van der Waals surface area contributed by atoms with Crippen LogP contribution >= 0.6 is 38.5 Å². The molecule has 1 aliphatic rings. The first kappa shape index (κ1) is 11.3. The smallest absolute Gasteiger partial charge is 0.201 e. The largest absolute Gasteiger partial charge is 0.276 e. The van der Waals surface area contributed by atoms with Crippen LogP contribution < -0.4 is 0 Å². The Labute approximate surface area is 108 Å². The summed E-state index contributed by atoms with van der Waals surface area (Å²) in [6, 6.07) is 6.30. The normalized spacial score (nSPS) is 27.1. The highest BCUT2D eigenvalue weighted by molar-refractivity contribution is 14.1. The maximum Gasteiger partial charge on any atom is 0.276 e. The summed E-state index contributed by atoms with van der Waals surface area (Å²) in [6.45, 7) is 0. The Morgan fingerprint density at radius 3 is 2.67 bits per heavy atom. The lowest BCUT2D eigenvalue weighted by Gasteiger charge is -2.13. The molecule has 15 heavy (non-hydrogen) atoms. The molecular weight excluding hydrogens is 379 g/mol. The molecule has 0 saturated carbocycles. The standard InChI is InChI=1S/C10H5BrF2IN/c11-9(14)5-10(12,13)8-3-6(4-15)1-2-7(8)9/h1-3H,5H2. The molecule has 0 fully saturated rings. The van der Waals surface area contributed by atoms with Crippen molar-refractivity contribution in [3.63, 3.8) is 0 Å². The van der Waals surface area contributed by atoms with Crippen molar-refractivity contribution in [1.82, 2.24) is 0 Å². The summed E-state index contributed by atoms with van der Waals surface area (Å²) < 4.78 is 26.5. The van der Waals surface area contributed by atoms with Gasteiger partial charge in [-0.15, -0.1) is 0 Å². The summed E-state index contributed by atoms with van der Waals surface area (Å²) >= 11 is 5.25. The van der Waals surface area contributed by atoms with Crippen LogP contribution in [0.5, 0.6) is 0 Å². The molecule has 0 aliphatic heterocycles. The van der Waals surface area contributed by atoms with Crippen molar-refractivity contribution in [3.05, 3.63) is 34.9 Å². The molecule has 1 nitrogen and oxygen atoms in total. The number of nitrogens with zero attached hydrogens (tertiary/aromatic N) is 1. The van der Waals surface area contributed by atoms with Crippen LogP contribution in [0.1, 0.15) is 23.1 Å². The molecule has 1 aromatic carbocycles. The van der Waals surface area contributed by atoms with Crippen molar-refractivity contribution in [2.75, 3.05) is 0 Å². The van der Waals surface area contributed by atoms with Gasteiger partial charge in [0.15, 0.2) is 0 Å². The molecule has 1 atom stereocenters. The monoisotopic (exact) mass is 383 g/mol. The van der Waals surface area contributed by atoms with Crippen molar-refractivity contribution in [2.24, 2.45) is 0 Å². The van der Waals surface area contributed by atoms with Crippen molar-refractivity contribution in [1.29, 1.82) is 5.26 Å². The average molecular weight is 384 g/mol. The number of halogens is 4. The maximum atomic E-state index is 13.6. The number of nitriles is 1. The third-order valence-electron chi connectivity index (χ3n) is 2.38. The molecule has 0 amide bonds. The van der Waals surface area contributed by atoms with E-state index in [9.17, 15) is 8.78 Å². The average Bonchev–Trinajstić information content (AvgIpc) is 2.32. The lowest BCUT2D eigenvalue weighted by Crippen LogP contribution is -2.10. The van der Waals surface area contributed by atoms with Crippen molar-refractivity contribution in [2.45, 2.75) is 14.7 Å². The minimum atomic E-state index is -2.85. The summed E-state index contributed by atoms with van der Waals surface area (Å²) in [7, 11) is 0. The SMILES string of the molecule is N#Cc1ccc2c(c1)C(F)(F)CC2(Br)I. The second-order valence-corrected chi connectivity index (χ2v) is 8.14. The fourth-order valence-electron chi connectivity index (χ4n) is 1.70. The lowest BCUT2D eigenvalue weighted by molar-refractivity contribution is -0.00292. The molecule has 1 aromatic rings. The first-order valence-corrected chi connectivity index (χ1v) is 6.05. The van der Waals surface area contributed by atoms with Crippen LogP contribution in [-0.4, -0.2) is 0 Å². The molecule has 0 bridgehead atoms. The van der Waals surface area contributed by atoms with Crippen LogP contribution in [-0.2, 0) is 8.25 Å². The summed E-state index contributed by atoms with van der Waals surface area (Å²) in [4.78, 5) is 0. The van der Waals surface area contributed by atoms with E-state index in [0.717, 1.165) is 0 Å². The van der Waals surface area contributed by atoms with E-state index in [1.165, 1.54) is 6.07 Å². The highest BCUT2D eigenvalue weighted by Gasteiger charge is 2.51. The zero-order valence-corrected chi connectivity index (χ0v) is 11.1. The van der Waals surface area contributed by atoms with Crippen LogP contribution in [0.2, 0.25) is 0 Å². The van der Waals surface area contributed by atoms with Crippen molar-refractivity contribution in [3.8, 4) is 6.07 Å². The number of hydrogen-bond donors (Lipinski definition) is 0. The zero-order valence-electron chi connectivity index (χ0n) is 7.40. The summed E-state index contributed by atoms with van der Waals surface area (Å²) in [5.41, 5.74) is 0.801. The second kappa shape index (κ2) is 3.39.